The van der Waals surface area contributed by atoms with Crippen molar-refractivity contribution in [1.82, 2.24) is 10.2 Å². The third kappa shape index (κ3) is 3.97. The lowest BCUT2D eigenvalue weighted by Gasteiger charge is -2.07. The average Bonchev–Trinajstić information content (AvgIpc) is 3.15. The van der Waals surface area contributed by atoms with Crippen LogP contribution in [-0.4, -0.2) is 36.6 Å². The van der Waals surface area contributed by atoms with Gasteiger partial charge in [-0.1, -0.05) is 5.10 Å². The Hall–Kier alpha value is -3.00. The van der Waals surface area contributed by atoms with Crippen molar-refractivity contribution in [3.8, 4) is 23.0 Å². The van der Waals surface area contributed by atoms with Crippen LogP contribution in [-0.2, 0) is 0 Å². The van der Waals surface area contributed by atoms with Crippen LogP contribution in [0.25, 0.3) is 11.5 Å². The quantitative estimate of drug-likeness (QED) is 0.661. The number of carbonyl (C=O) groups is 1. The van der Waals surface area contributed by atoms with E-state index in [-0.39, 0.29) is 6.01 Å². The summed E-state index contributed by atoms with van der Waals surface area (Å²) < 4.78 is 15.9. The zero-order valence-corrected chi connectivity index (χ0v) is 15.3. The Bertz CT molecular complexity index is 887. The molecule has 2 aromatic carbocycles. The first-order chi connectivity index (χ1) is 12.6. The Morgan fingerprint density at radius 2 is 1.69 bits per heavy atom. The van der Waals surface area contributed by atoms with Gasteiger partial charge < -0.3 is 13.9 Å². The summed E-state index contributed by atoms with van der Waals surface area (Å²) in [4.78, 5) is 13.6. The Labute approximate surface area is 154 Å². The summed E-state index contributed by atoms with van der Waals surface area (Å²) in [5.74, 6) is 0.940. The van der Waals surface area contributed by atoms with Crippen molar-refractivity contribution in [3.63, 3.8) is 0 Å². The zero-order chi connectivity index (χ0) is 18.5. The second-order valence-electron chi connectivity index (χ2n) is 5.20. The lowest BCUT2D eigenvalue weighted by Crippen LogP contribution is -2.12. The number of anilines is 1. The lowest BCUT2D eigenvalue weighted by atomic mass is 10.2. The fourth-order valence-corrected chi connectivity index (χ4v) is 2.64. The second-order valence-corrected chi connectivity index (χ2v) is 6.08. The minimum absolute atomic E-state index is 0.0146. The van der Waals surface area contributed by atoms with Gasteiger partial charge in [-0.05, 0) is 42.7 Å². The van der Waals surface area contributed by atoms with Crippen molar-refractivity contribution >= 4 is 23.7 Å². The molecule has 0 aliphatic rings. The maximum atomic E-state index is 12.4. The molecule has 7 nitrogen and oxygen atoms in total. The molecule has 0 aliphatic heterocycles. The number of nitrogens with one attached hydrogen (secondary N) is 1. The fourth-order valence-electron chi connectivity index (χ4n) is 2.23. The first kappa shape index (κ1) is 17.8. The van der Waals surface area contributed by atoms with E-state index in [1.807, 2.05) is 30.5 Å². The molecule has 8 heteroatoms. The summed E-state index contributed by atoms with van der Waals surface area (Å²) in [5, 5.41) is 10.4. The van der Waals surface area contributed by atoms with E-state index in [2.05, 4.69) is 15.5 Å². The summed E-state index contributed by atoms with van der Waals surface area (Å²) in [6.07, 6.45) is 2.00. The highest BCUT2D eigenvalue weighted by atomic mass is 32.2. The third-order valence-corrected chi connectivity index (χ3v) is 4.34. The van der Waals surface area contributed by atoms with Crippen molar-refractivity contribution < 1.29 is 18.7 Å². The smallest absolute Gasteiger partial charge is 0.322 e. The van der Waals surface area contributed by atoms with Crippen molar-refractivity contribution in [2.75, 3.05) is 25.8 Å². The molecule has 1 amide bonds. The van der Waals surface area contributed by atoms with Crippen LogP contribution in [0.4, 0.5) is 6.01 Å². The molecule has 134 valence electrons. The van der Waals surface area contributed by atoms with Gasteiger partial charge in [-0.25, -0.2) is 0 Å². The highest BCUT2D eigenvalue weighted by Crippen LogP contribution is 2.25. The number of carbonyl (C=O) groups excluding carboxylic acids is 1. The van der Waals surface area contributed by atoms with Gasteiger partial charge in [-0.3, -0.25) is 10.1 Å². The van der Waals surface area contributed by atoms with E-state index in [0.717, 1.165) is 10.5 Å². The number of ether oxygens (including phenoxy) is 2. The minimum Gasteiger partial charge on any atom is -0.497 e. The van der Waals surface area contributed by atoms with Gasteiger partial charge >= 0.3 is 6.01 Å². The lowest BCUT2D eigenvalue weighted by molar-refractivity contribution is 0.102. The molecule has 1 N–H and O–H groups in total. The summed E-state index contributed by atoms with van der Waals surface area (Å²) in [6.45, 7) is 0. The molecular weight excluding hydrogens is 354 g/mol. The Kier molecular flexibility index (Phi) is 5.43. The molecule has 1 aromatic heterocycles. The van der Waals surface area contributed by atoms with Crippen LogP contribution in [0.1, 0.15) is 10.4 Å². The van der Waals surface area contributed by atoms with Gasteiger partial charge in [0.1, 0.15) is 11.5 Å². The van der Waals surface area contributed by atoms with Crippen molar-refractivity contribution in [1.29, 1.82) is 0 Å². The molecular formula is C18H17N3O4S. The Morgan fingerprint density at radius 3 is 2.27 bits per heavy atom. The summed E-state index contributed by atoms with van der Waals surface area (Å²) >= 11 is 1.65. The van der Waals surface area contributed by atoms with Crippen LogP contribution in [0.5, 0.6) is 11.5 Å². The molecule has 3 rings (SSSR count). The number of thioether (sulfide) groups is 1. The monoisotopic (exact) mass is 371 g/mol. The van der Waals surface area contributed by atoms with Crippen LogP contribution < -0.4 is 14.8 Å². The predicted molar refractivity (Wildman–Crippen MR) is 99.0 cm³/mol. The number of benzene rings is 2. The van der Waals surface area contributed by atoms with Crippen molar-refractivity contribution in [2.45, 2.75) is 4.90 Å². The molecule has 0 aliphatic carbocycles. The van der Waals surface area contributed by atoms with E-state index in [0.29, 0.717) is 23.0 Å². The molecule has 0 unspecified atom stereocenters. The average molecular weight is 371 g/mol. The first-order valence-electron chi connectivity index (χ1n) is 7.65. The van der Waals surface area contributed by atoms with Crippen LogP contribution in [0.3, 0.4) is 0 Å². The standard InChI is InChI=1S/C18H17N3O4S/c1-23-13-8-12(9-14(10-13)24-2)16(22)19-18-21-20-17(25-18)11-4-6-15(26-3)7-5-11/h4-10H,1-3H3,(H,19,21,22). The topological polar surface area (TPSA) is 86.5 Å². The molecule has 0 saturated heterocycles. The highest BCUT2D eigenvalue weighted by Gasteiger charge is 2.15. The molecule has 0 spiro atoms. The van der Waals surface area contributed by atoms with E-state index < -0.39 is 5.91 Å². The van der Waals surface area contributed by atoms with Crippen LogP contribution in [0.2, 0.25) is 0 Å². The van der Waals surface area contributed by atoms with E-state index in [4.69, 9.17) is 13.9 Å². The van der Waals surface area contributed by atoms with Gasteiger partial charge in [0.2, 0.25) is 5.89 Å². The van der Waals surface area contributed by atoms with E-state index in [1.54, 1.807) is 30.0 Å². The molecule has 0 bridgehead atoms. The van der Waals surface area contributed by atoms with E-state index in [9.17, 15) is 4.79 Å². The van der Waals surface area contributed by atoms with E-state index >= 15 is 0 Å². The summed E-state index contributed by atoms with van der Waals surface area (Å²) in [7, 11) is 3.03. The van der Waals surface area contributed by atoms with Crippen LogP contribution >= 0.6 is 11.8 Å². The summed E-state index contributed by atoms with van der Waals surface area (Å²) in [5.41, 5.74) is 1.13. The van der Waals surface area contributed by atoms with Gasteiger partial charge in [-0.2, -0.15) is 0 Å². The number of amides is 1. The molecule has 26 heavy (non-hydrogen) atoms. The molecule has 0 fully saturated rings. The Morgan fingerprint density at radius 1 is 1.04 bits per heavy atom. The van der Waals surface area contributed by atoms with Crippen molar-refractivity contribution in [2.24, 2.45) is 0 Å². The van der Waals surface area contributed by atoms with E-state index in [1.165, 1.54) is 14.2 Å². The van der Waals surface area contributed by atoms with Gasteiger partial charge in [-0.15, -0.1) is 16.9 Å². The van der Waals surface area contributed by atoms with Gasteiger partial charge in [0, 0.05) is 22.1 Å². The number of hydrogen-bond acceptors (Lipinski definition) is 7. The zero-order valence-electron chi connectivity index (χ0n) is 14.5. The first-order valence-corrected chi connectivity index (χ1v) is 8.87. The largest absolute Gasteiger partial charge is 0.497 e. The molecule has 0 radical (unpaired) electrons. The third-order valence-electron chi connectivity index (χ3n) is 3.60. The predicted octanol–water partition coefficient (Wildman–Crippen LogP) is 3.73. The van der Waals surface area contributed by atoms with Gasteiger partial charge in [0.15, 0.2) is 0 Å². The Balaban J connectivity index is 1.77. The van der Waals surface area contributed by atoms with Crippen LogP contribution in [0, 0.1) is 0 Å². The minimum atomic E-state index is -0.407. The summed E-state index contributed by atoms with van der Waals surface area (Å²) in [6, 6.07) is 12.6. The number of hydrogen-bond donors (Lipinski definition) is 1. The number of aromatic nitrogens is 2. The SMILES string of the molecule is COc1cc(OC)cc(C(=O)Nc2nnc(-c3ccc(SC)cc3)o2)c1. The fraction of sp³-hybridized carbons (Fsp3) is 0.167. The van der Waals surface area contributed by atoms with Crippen LogP contribution in [0.15, 0.2) is 51.8 Å². The van der Waals surface area contributed by atoms with Gasteiger partial charge in [0.25, 0.3) is 5.91 Å². The number of nitrogens with zero attached hydrogens (tertiary/aromatic N) is 2. The highest BCUT2D eigenvalue weighted by molar-refractivity contribution is 7.98. The van der Waals surface area contributed by atoms with Gasteiger partial charge in [0.05, 0.1) is 14.2 Å². The molecule has 3 aromatic rings. The maximum absolute atomic E-state index is 12.4. The molecule has 1 heterocycles. The number of methoxy groups -OCH3 is 2. The van der Waals surface area contributed by atoms with Crippen molar-refractivity contribution in [3.05, 3.63) is 48.0 Å². The molecule has 0 atom stereocenters. The maximum Gasteiger partial charge on any atom is 0.322 e. The normalized spacial score (nSPS) is 10.4. The molecule has 0 saturated carbocycles. The number of rotatable bonds is 6. The second kappa shape index (κ2) is 7.92.